The maximum atomic E-state index is 12.1. The number of aliphatic hydroxyl groups is 1. The lowest BCUT2D eigenvalue weighted by atomic mass is 10.00. The van der Waals surface area contributed by atoms with E-state index in [4.69, 9.17) is 9.84 Å². The Hall–Kier alpha value is -0.210. The highest BCUT2D eigenvalue weighted by Crippen LogP contribution is 2.20. The third kappa shape index (κ3) is 4.66. The summed E-state index contributed by atoms with van der Waals surface area (Å²) in [6.45, 7) is 1.90. The summed E-state index contributed by atoms with van der Waals surface area (Å²) >= 11 is 0. The van der Waals surface area contributed by atoms with E-state index in [0.29, 0.717) is 32.3 Å². The van der Waals surface area contributed by atoms with Crippen LogP contribution in [0.5, 0.6) is 0 Å². The number of rotatable bonds is 7. The maximum absolute atomic E-state index is 12.1. The molecule has 0 aromatic heterocycles. The van der Waals surface area contributed by atoms with Crippen LogP contribution in [0.25, 0.3) is 0 Å². The summed E-state index contributed by atoms with van der Waals surface area (Å²) in [5, 5.41) is 9.06. The zero-order valence-electron chi connectivity index (χ0n) is 12.0. The van der Waals surface area contributed by atoms with Gasteiger partial charge in [-0.3, -0.25) is 0 Å². The largest absolute Gasteiger partial charge is 0.396 e. The average molecular weight is 306 g/mol. The molecule has 7 heteroatoms. The first-order valence-corrected chi connectivity index (χ1v) is 9.03. The number of aliphatic hydroxyl groups excluding tert-OH is 1. The zero-order chi connectivity index (χ0) is 14.4. The minimum absolute atomic E-state index is 0.149. The van der Waals surface area contributed by atoms with Gasteiger partial charge in [0.1, 0.15) is 0 Å². The van der Waals surface area contributed by atoms with Crippen molar-refractivity contribution in [2.45, 2.75) is 44.6 Å². The molecule has 0 bridgehead atoms. The molecule has 6 nitrogen and oxygen atoms in total. The van der Waals surface area contributed by atoms with Crippen molar-refractivity contribution >= 4 is 10.2 Å². The van der Waals surface area contributed by atoms with Crippen molar-refractivity contribution in [2.24, 2.45) is 5.92 Å². The van der Waals surface area contributed by atoms with Crippen LogP contribution in [0.4, 0.5) is 0 Å². The first-order chi connectivity index (χ1) is 9.62. The molecule has 1 aliphatic carbocycles. The molecule has 2 fully saturated rings. The molecule has 2 aliphatic rings. The van der Waals surface area contributed by atoms with Crippen molar-refractivity contribution in [1.82, 2.24) is 9.03 Å². The smallest absolute Gasteiger partial charge is 0.279 e. The molecule has 1 saturated carbocycles. The van der Waals surface area contributed by atoms with Gasteiger partial charge in [-0.05, 0) is 31.6 Å². The Morgan fingerprint density at radius 1 is 1.15 bits per heavy atom. The van der Waals surface area contributed by atoms with Gasteiger partial charge >= 0.3 is 0 Å². The minimum Gasteiger partial charge on any atom is -0.396 e. The molecule has 0 aromatic rings. The van der Waals surface area contributed by atoms with Gasteiger partial charge in [0.15, 0.2) is 0 Å². The standard InChI is InChI=1S/C13H26N2O4S/c16-11-12-5-8-15(9-6-12)20(17,18)14-7-10-19-13-3-1-2-4-13/h12-14,16H,1-11H2. The van der Waals surface area contributed by atoms with Gasteiger partial charge in [-0.15, -0.1) is 0 Å². The number of ether oxygens (including phenoxy) is 1. The minimum atomic E-state index is -3.39. The fraction of sp³-hybridized carbons (Fsp3) is 1.00. The highest BCUT2D eigenvalue weighted by Gasteiger charge is 2.27. The van der Waals surface area contributed by atoms with Crippen molar-refractivity contribution in [1.29, 1.82) is 0 Å². The molecule has 118 valence electrons. The molecule has 0 aromatic carbocycles. The fourth-order valence-corrected chi connectivity index (χ4v) is 4.09. The molecule has 2 rings (SSSR count). The molecule has 20 heavy (non-hydrogen) atoms. The van der Waals surface area contributed by atoms with Gasteiger partial charge in [0.25, 0.3) is 10.2 Å². The van der Waals surface area contributed by atoms with Gasteiger partial charge in [0.2, 0.25) is 0 Å². The van der Waals surface area contributed by atoms with Gasteiger partial charge in [-0.25, -0.2) is 0 Å². The van der Waals surface area contributed by atoms with E-state index in [2.05, 4.69) is 4.72 Å². The number of hydrogen-bond acceptors (Lipinski definition) is 4. The second-order valence-corrected chi connectivity index (χ2v) is 7.46. The molecule has 1 aliphatic heterocycles. The van der Waals surface area contributed by atoms with E-state index in [1.807, 2.05) is 0 Å². The van der Waals surface area contributed by atoms with Crippen LogP contribution < -0.4 is 4.72 Å². The normalized spacial score (nSPS) is 23.4. The molecule has 1 heterocycles. The Morgan fingerprint density at radius 3 is 2.40 bits per heavy atom. The summed E-state index contributed by atoms with van der Waals surface area (Å²) < 4.78 is 33.9. The average Bonchev–Trinajstić information content (AvgIpc) is 2.97. The molecular weight excluding hydrogens is 280 g/mol. The number of nitrogens with one attached hydrogen (secondary N) is 1. The Bertz CT molecular complexity index is 374. The third-order valence-electron chi connectivity index (χ3n) is 4.21. The summed E-state index contributed by atoms with van der Waals surface area (Å²) in [5.74, 6) is 0.243. The zero-order valence-corrected chi connectivity index (χ0v) is 12.8. The van der Waals surface area contributed by atoms with Crippen LogP contribution in [-0.2, 0) is 14.9 Å². The van der Waals surface area contributed by atoms with Crippen molar-refractivity contribution in [3.8, 4) is 0 Å². The third-order valence-corrected chi connectivity index (χ3v) is 5.83. The number of piperidine rings is 1. The molecule has 0 unspecified atom stereocenters. The van der Waals surface area contributed by atoms with Crippen LogP contribution >= 0.6 is 0 Å². The van der Waals surface area contributed by atoms with E-state index in [1.165, 1.54) is 17.1 Å². The van der Waals surface area contributed by atoms with Crippen LogP contribution in [-0.4, -0.2) is 56.8 Å². The first-order valence-electron chi connectivity index (χ1n) is 7.59. The molecular formula is C13H26N2O4S. The predicted molar refractivity (Wildman–Crippen MR) is 76.5 cm³/mol. The lowest BCUT2D eigenvalue weighted by Gasteiger charge is -2.30. The lowest BCUT2D eigenvalue weighted by molar-refractivity contribution is 0.0623. The van der Waals surface area contributed by atoms with E-state index in [-0.39, 0.29) is 12.5 Å². The Kier molecular flexibility index (Phi) is 6.22. The summed E-state index contributed by atoms with van der Waals surface area (Å²) in [7, 11) is -3.39. The van der Waals surface area contributed by atoms with E-state index in [0.717, 1.165) is 25.7 Å². The summed E-state index contributed by atoms with van der Waals surface area (Å²) in [5.41, 5.74) is 0. The van der Waals surface area contributed by atoms with E-state index >= 15 is 0 Å². The molecule has 0 radical (unpaired) electrons. The number of hydrogen-bond donors (Lipinski definition) is 2. The van der Waals surface area contributed by atoms with Gasteiger partial charge < -0.3 is 9.84 Å². The Balaban J connectivity index is 1.65. The van der Waals surface area contributed by atoms with Crippen molar-refractivity contribution in [3.05, 3.63) is 0 Å². The van der Waals surface area contributed by atoms with Crippen molar-refractivity contribution in [2.75, 3.05) is 32.8 Å². The van der Waals surface area contributed by atoms with Gasteiger partial charge in [0.05, 0.1) is 12.7 Å². The molecule has 0 amide bonds. The van der Waals surface area contributed by atoms with Gasteiger partial charge in [-0.1, -0.05) is 12.8 Å². The quantitative estimate of drug-likeness (QED) is 0.671. The first kappa shape index (κ1) is 16.2. The summed E-state index contributed by atoms with van der Waals surface area (Å²) in [6, 6.07) is 0. The highest BCUT2D eigenvalue weighted by atomic mass is 32.2. The van der Waals surface area contributed by atoms with Gasteiger partial charge in [-0.2, -0.15) is 17.4 Å². The van der Waals surface area contributed by atoms with Crippen LogP contribution in [0.1, 0.15) is 38.5 Å². The van der Waals surface area contributed by atoms with Crippen LogP contribution in [0.3, 0.4) is 0 Å². The molecule has 0 spiro atoms. The summed E-state index contributed by atoms with van der Waals surface area (Å²) in [6.07, 6.45) is 6.42. The van der Waals surface area contributed by atoms with E-state index in [1.54, 1.807) is 0 Å². The Labute approximate surface area is 121 Å². The monoisotopic (exact) mass is 306 g/mol. The molecule has 1 saturated heterocycles. The second-order valence-electron chi connectivity index (χ2n) is 5.70. The number of nitrogens with zero attached hydrogens (tertiary/aromatic N) is 1. The molecule has 2 N–H and O–H groups in total. The van der Waals surface area contributed by atoms with E-state index in [9.17, 15) is 8.42 Å². The van der Waals surface area contributed by atoms with Crippen LogP contribution in [0.15, 0.2) is 0 Å². The SMILES string of the molecule is O=S(=O)(NCCOC1CCCC1)N1CCC(CO)CC1. The Morgan fingerprint density at radius 2 is 1.80 bits per heavy atom. The van der Waals surface area contributed by atoms with Crippen LogP contribution in [0.2, 0.25) is 0 Å². The van der Waals surface area contributed by atoms with Crippen molar-refractivity contribution in [3.63, 3.8) is 0 Å². The van der Waals surface area contributed by atoms with Gasteiger partial charge in [0, 0.05) is 26.2 Å². The lowest BCUT2D eigenvalue weighted by Crippen LogP contribution is -2.46. The topological polar surface area (TPSA) is 78.9 Å². The fourth-order valence-electron chi connectivity index (χ4n) is 2.87. The van der Waals surface area contributed by atoms with Crippen molar-refractivity contribution < 1.29 is 18.3 Å². The maximum Gasteiger partial charge on any atom is 0.279 e. The van der Waals surface area contributed by atoms with E-state index < -0.39 is 10.2 Å². The summed E-state index contributed by atoms with van der Waals surface area (Å²) in [4.78, 5) is 0. The second kappa shape index (κ2) is 7.70. The molecule has 0 atom stereocenters. The van der Waals surface area contributed by atoms with Crippen LogP contribution in [0, 0.1) is 5.92 Å². The predicted octanol–water partition coefficient (Wildman–Crippen LogP) is 0.484. The highest BCUT2D eigenvalue weighted by molar-refractivity contribution is 7.87.